The van der Waals surface area contributed by atoms with Crippen LogP contribution in [0.25, 0.3) is 11.2 Å². The second-order valence-electron chi connectivity index (χ2n) is 5.33. The summed E-state index contributed by atoms with van der Waals surface area (Å²) >= 11 is 8.09. The molecule has 0 radical (unpaired) electrons. The van der Waals surface area contributed by atoms with Crippen LogP contribution in [0.1, 0.15) is 41.9 Å². The largest absolute Gasteiger partial charge is 0.307 e. The molecule has 0 saturated carbocycles. The molecule has 112 valence electrons. The van der Waals surface area contributed by atoms with Gasteiger partial charge < -0.3 is 4.57 Å². The number of nitrogens with zero attached hydrogens (tertiary/aromatic N) is 4. The van der Waals surface area contributed by atoms with Gasteiger partial charge in [-0.15, -0.1) is 11.6 Å². The molecule has 0 fully saturated rings. The maximum absolute atomic E-state index is 6.35. The van der Waals surface area contributed by atoms with Gasteiger partial charge in [0.2, 0.25) is 0 Å². The van der Waals surface area contributed by atoms with Crippen LogP contribution in [0.2, 0.25) is 0 Å². The van der Waals surface area contributed by atoms with Gasteiger partial charge in [-0.25, -0.2) is 9.67 Å². The van der Waals surface area contributed by atoms with Crippen LogP contribution in [0.5, 0.6) is 0 Å². The standard InChI is InChI=1S/C15H19ClN4S/c1-5-20-15-13(11(4)18-20)17-14(10(3)16)19(15)6-12-8-21-7-9(12)2/h7-8,10H,5-6H2,1-4H3. The first-order valence-corrected chi connectivity index (χ1v) is 8.50. The van der Waals surface area contributed by atoms with Crippen LogP contribution in [-0.2, 0) is 13.1 Å². The molecule has 6 heteroatoms. The van der Waals surface area contributed by atoms with Crippen LogP contribution in [0, 0.1) is 13.8 Å². The summed E-state index contributed by atoms with van der Waals surface area (Å²) < 4.78 is 4.23. The van der Waals surface area contributed by atoms with E-state index < -0.39 is 0 Å². The van der Waals surface area contributed by atoms with Gasteiger partial charge in [-0.05, 0) is 49.6 Å². The zero-order valence-electron chi connectivity index (χ0n) is 12.7. The Kier molecular flexibility index (Phi) is 3.80. The molecule has 3 rings (SSSR count). The molecule has 0 aromatic carbocycles. The predicted molar refractivity (Wildman–Crippen MR) is 88.4 cm³/mol. The average molecular weight is 323 g/mol. The van der Waals surface area contributed by atoms with Crippen molar-refractivity contribution in [2.75, 3.05) is 0 Å². The van der Waals surface area contributed by atoms with Crippen molar-refractivity contribution in [2.24, 2.45) is 0 Å². The molecule has 0 amide bonds. The molecule has 0 aliphatic heterocycles. The number of aromatic nitrogens is 4. The van der Waals surface area contributed by atoms with Crippen molar-refractivity contribution < 1.29 is 0 Å². The zero-order valence-corrected chi connectivity index (χ0v) is 14.3. The molecule has 21 heavy (non-hydrogen) atoms. The smallest absolute Gasteiger partial charge is 0.159 e. The maximum atomic E-state index is 6.35. The number of thiophene rings is 1. The van der Waals surface area contributed by atoms with E-state index in [1.54, 1.807) is 11.3 Å². The summed E-state index contributed by atoms with van der Waals surface area (Å²) in [6, 6.07) is 0. The summed E-state index contributed by atoms with van der Waals surface area (Å²) in [5.74, 6) is 0.917. The monoisotopic (exact) mass is 322 g/mol. The van der Waals surface area contributed by atoms with E-state index in [2.05, 4.69) is 34.3 Å². The molecule has 3 aromatic heterocycles. The first kappa shape index (κ1) is 14.6. The number of fused-ring (bicyclic) bond motifs is 1. The summed E-state index contributed by atoms with van der Waals surface area (Å²) in [6.07, 6.45) is 0. The normalized spacial score (nSPS) is 13.2. The molecule has 0 aliphatic carbocycles. The van der Waals surface area contributed by atoms with E-state index in [0.717, 1.165) is 35.8 Å². The predicted octanol–water partition coefficient (Wildman–Crippen LogP) is 4.28. The fourth-order valence-corrected chi connectivity index (χ4v) is 3.66. The van der Waals surface area contributed by atoms with Crippen LogP contribution in [0.4, 0.5) is 0 Å². The molecule has 1 atom stereocenters. The van der Waals surface area contributed by atoms with Gasteiger partial charge in [0, 0.05) is 6.54 Å². The highest BCUT2D eigenvalue weighted by Gasteiger charge is 2.21. The summed E-state index contributed by atoms with van der Waals surface area (Å²) in [5, 5.41) is 8.82. The van der Waals surface area contributed by atoms with E-state index >= 15 is 0 Å². The summed E-state index contributed by atoms with van der Waals surface area (Å²) in [7, 11) is 0. The van der Waals surface area contributed by atoms with Crippen molar-refractivity contribution in [2.45, 2.75) is 46.2 Å². The van der Waals surface area contributed by atoms with Gasteiger partial charge >= 0.3 is 0 Å². The third-order valence-corrected chi connectivity index (χ3v) is 4.88. The first-order valence-electron chi connectivity index (χ1n) is 7.12. The second-order valence-corrected chi connectivity index (χ2v) is 6.72. The van der Waals surface area contributed by atoms with Gasteiger partial charge in [-0.1, -0.05) is 0 Å². The van der Waals surface area contributed by atoms with Crippen LogP contribution in [-0.4, -0.2) is 19.3 Å². The van der Waals surface area contributed by atoms with Gasteiger partial charge in [0.1, 0.15) is 11.3 Å². The number of aryl methyl sites for hydroxylation is 3. The Labute approximate surface area is 133 Å². The minimum atomic E-state index is -0.124. The Morgan fingerprint density at radius 1 is 1.33 bits per heavy atom. The molecule has 0 aliphatic rings. The van der Waals surface area contributed by atoms with Gasteiger partial charge in [-0.3, -0.25) is 0 Å². The highest BCUT2D eigenvalue weighted by atomic mass is 35.5. The highest BCUT2D eigenvalue weighted by molar-refractivity contribution is 7.08. The molecule has 0 spiro atoms. The number of halogens is 1. The van der Waals surface area contributed by atoms with Crippen molar-refractivity contribution in [3.8, 4) is 0 Å². The molecule has 0 saturated heterocycles. The Bertz CT molecular complexity index is 781. The van der Waals surface area contributed by atoms with Gasteiger partial charge in [0.15, 0.2) is 5.65 Å². The van der Waals surface area contributed by atoms with E-state index in [0.29, 0.717) is 0 Å². The lowest BCUT2D eigenvalue weighted by Gasteiger charge is -2.11. The fourth-order valence-electron chi connectivity index (χ4n) is 2.64. The third kappa shape index (κ3) is 2.38. The lowest BCUT2D eigenvalue weighted by Crippen LogP contribution is -2.10. The molecule has 3 heterocycles. The van der Waals surface area contributed by atoms with Gasteiger partial charge in [0.05, 0.1) is 17.6 Å². The molecule has 4 nitrogen and oxygen atoms in total. The number of alkyl halides is 1. The lowest BCUT2D eigenvalue weighted by molar-refractivity contribution is 0.633. The Balaban J connectivity index is 2.22. The lowest BCUT2D eigenvalue weighted by atomic mass is 10.2. The minimum absolute atomic E-state index is 0.124. The number of imidazole rings is 1. The van der Waals surface area contributed by atoms with Crippen LogP contribution in [0.15, 0.2) is 10.8 Å². The molecule has 3 aromatic rings. The molecule has 1 unspecified atom stereocenters. The SMILES string of the molecule is CCn1nc(C)c2nc(C(C)Cl)n(Cc3cscc3C)c21. The molecular formula is C15H19ClN4S. The fraction of sp³-hybridized carbons (Fsp3) is 0.467. The number of hydrogen-bond donors (Lipinski definition) is 0. The van der Waals surface area contributed by atoms with E-state index in [-0.39, 0.29) is 5.38 Å². The average Bonchev–Trinajstić information content (AvgIpc) is 3.08. The van der Waals surface area contributed by atoms with Crippen molar-refractivity contribution in [1.29, 1.82) is 0 Å². The summed E-state index contributed by atoms with van der Waals surface area (Å²) in [6.45, 7) is 9.84. The van der Waals surface area contributed by atoms with E-state index in [1.165, 1.54) is 11.1 Å². The maximum Gasteiger partial charge on any atom is 0.159 e. The Hall–Kier alpha value is -1.33. The quantitative estimate of drug-likeness (QED) is 0.672. The third-order valence-electron chi connectivity index (χ3n) is 3.77. The second kappa shape index (κ2) is 5.46. The van der Waals surface area contributed by atoms with Crippen LogP contribution < -0.4 is 0 Å². The summed E-state index contributed by atoms with van der Waals surface area (Å²) in [5.41, 5.74) is 5.63. The summed E-state index contributed by atoms with van der Waals surface area (Å²) in [4.78, 5) is 4.74. The molecule has 0 N–H and O–H groups in total. The van der Waals surface area contributed by atoms with Crippen molar-refractivity contribution in [1.82, 2.24) is 19.3 Å². The Morgan fingerprint density at radius 2 is 2.10 bits per heavy atom. The first-order chi connectivity index (χ1) is 10.0. The van der Waals surface area contributed by atoms with Crippen LogP contribution in [0.3, 0.4) is 0 Å². The molecular weight excluding hydrogens is 304 g/mol. The topological polar surface area (TPSA) is 35.6 Å². The van der Waals surface area contributed by atoms with Gasteiger partial charge in [-0.2, -0.15) is 16.4 Å². The van der Waals surface area contributed by atoms with Gasteiger partial charge in [0.25, 0.3) is 0 Å². The zero-order chi connectivity index (χ0) is 15.1. The minimum Gasteiger partial charge on any atom is -0.307 e. The number of hydrogen-bond acceptors (Lipinski definition) is 3. The van der Waals surface area contributed by atoms with E-state index in [1.807, 2.05) is 18.5 Å². The number of rotatable bonds is 4. The van der Waals surface area contributed by atoms with Crippen molar-refractivity contribution in [3.05, 3.63) is 33.4 Å². The van der Waals surface area contributed by atoms with Crippen molar-refractivity contribution in [3.63, 3.8) is 0 Å². The Morgan fingerprint density at radius 3 is 2.67 bits per heavy atom. The van der Waals surface area contributed by atoms with E-state index in [9.17, 15) is 0 Å². The van der Waals surface area contributed by atoms with Crippen LogP contribution >= 0.6 is 22.9 Å². The molecule has 0 bridgehead atoms. The van der Waals surface area contributed by atoms with E-state index in [4.69, 9.17) is 16.6 Å². The highest BCUT2D eigenvalue weighted by Crippen LogP contribution is 2.28. The van der Waals surface area contributed by atoms with Crippen molar-refractivity contribution >= 4 is 34.1 Å².